The number of nitrogens with zero attached hydrogens (tertiary/aromatic N) is 4. The summed E-state index contributed by atoms with van der Waals surface area (Å²) in [7, 11) is 0. The van der Waals surface area contributed by atoms with Crippen LogP contribution in [0.4, 0.5) is 0 Å². The highest BCUT2D eigenvalue weighted by molar-refractivity contribution is 7.20. The zero-order valence-corrected chi connectivity index (χ0v) is 10.9. The molecule has 96 valence electrons. The van der Waals surface area contributed by atoms with E-state index in [9.17, 15) is 4.79 Å². The summed E-state index contributed by atoms with van der Waals surface area (Å²) >= 11 is 1.20. The van der Waals surface area contributed by atoms with E-state index in [1.807, 2.05) is 6.92 Å². The van der Waals surface area contributed by atoms with Crippen molar-refractivity contribution in [2.24, 2.45) is 0 Å². The van der Waals surface area contributed by atoms with E-state index in [-0.39, 0.29) is 0 Å². The zero-order chi connectivity index (χ0) is 13.4. The first kappa shape index (κ1) is 11.8. The average molecular weight is 274 g/mol. The number of aryl methyl sites for hydroxylation is 1. The van der Waals surface area contributed by atoms with E-state index >= 15 is 0 Å². The van der Waals surface area contributed by atoms with Gasteiger partial charge in [0, 0.05) is 17.6 Å². The second-order valence-electron chi connectivity index (χ2n) is 3.91. The van der Waals surface area contributed by atoms with Crippen molar-refractivity contribution in [1.82, 2.24) is 19.7 Å². The van der Waals surface area contributed by atoms with Crippen LogP contribution >= 0.6 is 11.3 Å². The molecule has 3 rings (SSSR count). The van der Waals surface area contributed by atoms with Crippen LogP contribution in [0.1, 0.15) is 22.3 Å². The number of aromatic carboxylic acids is 1. The van der Waals surface area contributed by atoms with Crippen LogP contribution in [0.5, 0.6) is 0 Å². The number of carbonyl (C=O) groups is 1. The van der Waals surface area contributed by atoms with Crippen LogP contribution in [0.25, 0.3) is 16.0 Å². The van der Waals surface area contributed by atoms with Crippen LogP contribution in [0.3, 0.4) is 0 Å². The third-order valence-corrected chi connectivity index (χ3v) is 3.86. The predicted molar refractivity (Wildman–Crippen MR) is 70.9 cm³/mol. The highest BCUT2D eigenvalue weighted by Gasteiger charge is 2.17. The minimum atomic E-state index is -0.919. The Kier molecular flexibility index (Phi) is 2.75. The topological polar surface area (TPSA) is 80.9 Å². The quantitative estimate of drug-likeness (QED) is 0.791. The molecule has 0 saturated carbocycles. The molecule has 3 aromatic rings. The smallest absolute Gasteiger partial charge is 0.345 e. The third-order valence-electron chi connectivity index (χ3n) is 2.77. The number of fused-ring (bicyclic) bond motifs is 1. The van der Waals surface area contributed by atoms with E-state index in [2.05, 4.69) is 15.1 Å². The molecule has 0 spiro atoms. The molecule has 6 nitrogen and oxygen atoms in total. The van der Waals surface area contributed by atoms with E-state index in [0.29, 0.717) is 10.7 Å². The largest absolute Gasteiger partial charge is 0.477 e. The normalized spacial score (nSPS) is 11.0. The molecule has 0 fully saturated rings. The molecular weight excluding hydrogens is 264 g/mol. The van der Waals surface area contributed by atoms with Gasteiger partial charge in [0.15, 0.2) is 5.82 Å². The molecular formula is C12H10N4O2S. The fraction of sp³-hybridized carbons (Fsp3) is 0.167. The molecule has 0 amide bonds. The third kappa shape index (κ3) is 1.88. The Hall–Kier alpha value is -2.28. The number of hydrogen-bond donors (Lipinski definition) is 1. The molecule has 0 aliphatic heterocycles. The van der Waals surface area contributed by atoms with E-state index in [1.54, 1.807) is 23.0 Å². The molecule has 0 aliphatic carbocycles. The molecule has 0 bridgehead atoms. The summed E-state index contributed by atoms with van der Waals surface area (Å²) in [5, 5.41) is 14.4. The van der Waals surface area contributed by atoms with Gasteiger partial charge in [-0.2, -0.15) is 5.10 Å². The second kappa shape index (κ2) is 4.43. The van der Waals surface area contributed by atoms with Crippen molar-refractivity contribution < 1.29 is 9.90 Å². The van der Waals surface area contributed by atoms with Crippen molar-refractivity contribution in [2.75, 3.05) is 0 Å². The summed E-state index contributed by atoms with van der Waals surface area (Å²) < 4.78 is 1.67. The number of aromatic nitrogens is 4. The molecule has 0 atom stereocenters. The fourth-order valence-electron chi connectivity index (χ4n) is 1.90. The molecule has 3 heterocycles. The first-order valence-electron chi connectivity index (χ1n) is 5.72. The van der Waals surface area contributed by atoms with Crippen LogP contribution in [0, 0.1) is 0 Å². The van der Waals surface area contributed by atoms with Gasteiger partial charge in [-0.1, -0.05) is 6.92 Å². The molecule has 19 heavy (non-hydrogen) atoms. The van der Waals surface area contributed by atoms with Crippen molar-refractivity contribution in [3.8, 4) is 5.82 Å². The van der Waals surface area contributed by atoms with Crippen molar-refractivity contribution in [3.63, 3.8) is 0 Å². The Morgan fingerprint density at radius 3 is 3.00 bits per heavy atom. The number of thiophene rings is 1. The van der Waals surface area contributed by atoms with Crippen molar-refractivity contribution in [3.05, 3.63) is 35.2 Å². The minimum absolute atomic E-state index is 0.310. The SMILES string of the molecule is CCc1nn(-c2ccncn2)c2sc(C(=O)O)cc12. The van der Waals surface area contributed by atoms with Crippen molar-refractivity contribution in [2.45, 2.75) is 13.3 Å². The van der Waals surface area contributed by atoms with Crippen LogP contribution in [0.2, 0.25) is 0 Å². The standard InChI is InChI=1S/C12H10N4O2S/c1-2-8-7-5-9(12(17)18)19-11(7)16(15-8)10-3-4-13-6-14-10/h3-6H,2H2,1H3,(H,17,18). The number of hydrogen-bond acceptors (Lipinski definition) is 5. The Balaban J connectivity index is 2.27. The van der Waals surface area contributed by atoms with Gasteiger partial charge in [-0.25, -0.2) is 19.4 Å². The van der Waals surface area contributed by atoms with Gasteiger partial charge in [0.2, 0.25) is 0 Å². The lowest BCUT2D eigenvalue weighted by atomic mass is 10.2. The molecule has 0 aromatic carbocycles. The highest BCUT2D eigenvalue weighted by Crippen LogP contribution is 2.30. The van der Waals surface area contributed by atoms with Crippen LogP contribution in [0.15, 0.2) is 24.7 Å². The lowest BCUT2D eigenvalue weighted by Crippen LogP contribution is -1.99. The van der Waals surface area contributed by atoms with E-state index in [1.165, 1.54) is 17.7 Å². The van der Waals surface area contributed by atoms with Gasteiger partial charge in [0.05, 0.1) is 5.69 Å². The first-order valence-corrected chi connectivity index (χ1v) is 6.53. The second-order valence-corrected chi connectivity index (χ2v) is 4.94. The van der Waals surface area contributed by atoms with E-state index < -0.39 is 5.97 Å². The predicted octanol–water partition coefficient (Wildman–Crippen LogP) is 2.14. The summed E-state index contributed by atoms with van der Waals surface area (Å²) in [5.74, 6) is -0.282. The van der Waals surface area contributed by atoms with Gasteiger partial charge >= 0.3 is 5.97 Å². The van der Waals surface area contributed by atoms with Crippen LogP contribution in [-0.2, 0) is 6.42 Å². The number of carboxylic acid groups (broad SMARTS) is 1. The summed E-state index contributed by atoms with van der Waals surface area (Å²) in [4.78, 5) is 20.2. The molecule has 3 aromatic heterocycles. The molecule has 0 aliphatic rings. The Morgan fingerprint density at radius 2 is 2.37 bits per heavy atom. The summed E-state index contributed by atoms with van der Waals surface area (Å²) in [6.45, 7) is 1.99. The maximum atomic E-state index is 11.1. The maximum Gasteiger partial charge on any atom is 0.345 e. The molecule has 0 unspecified atom stereocenters. The minimum Gasteiger partial charge on any atom is -0.477 e. The first-order chi connectivity index (χ1) is 9.20. The lowest BCUT2D eigenvalue weighted by Gasteiger charge is -1.99. The molecule has 1 N–H and O–H groups in total. The van der Waals surface area contributed by atoms with Gasteiger partial charge in [0.1, 0.15) is 16.0 Å². The Bertz CT molecular complexity index is 748. The average Bonchev–Trinajstić information content (AvgIpc) is 2.98. The number of rotatable bonds is 3. The lowest BCUT2D eigenvalue weighted by molar-refractivity contribution is 0.0702. The Morgan fingerprint density at radius 1 is 1.53 bits per heavy atom. The van der Waals surface area contributed by atoms with Crippen molar-refractivity contribution >= 4 is 27.5 Å². The van der Waals surface area contributed by atoms with Crippen LogP contribution < -0.4 is 0 Å². The van der Waals surface area contributed by atoms with E-state index in [4.69, 9.17) is 5.11 Å². The summed E-state index contributed by atoms with van der Waals surface area (Å²) in [5.41, 5.74) is 0.873. The molecule has 0 saturated heterocycles. The molecule has 7 heteroatoms. The maximum absolute atomic E-state index is 11.1. The Labute approximate surface area is 112 Å². The molecule has 0 radical (unpaired) electrons. The summed E-state index contributed by atoms with van der Waals surface area (Å²) in [6.07, 6.45) is 3.82. The van der Waals surface area contributed by atoms with Gasteiger partial charge in [-0.15, -0.1) is 11.3 Å². The highest BCUT2D eigenvalue weighted by atomic mass is 32.1. The van der Waals surface area contributed by atoms with Gasteiger partial charge in [-0.3, -0.25) is 0 Å². The van der Waals surface area contributed by atoms with Gasteiger partial charge in [0.25, 0.3) is 0 Å². The summed E-state index contributed by atoms with van der Waals surface area (Å²) in [6, 6.07) is 3.41. The van der Waals surface area contributed by atoms with E-state index in [0.717, 1.165) is 22.3 Å². The number of carboxylic acids is 1. The fourth-order valence-corrected chi connectivity index (χ4v) is 2.88. The zero-order valence-electron chi connectivity index (χ0n) is 10.1. The van der Waals surface area contributed by atoms with Gasteiger partial charge in [-0.05, 0) is 12.5 Å². The van der Waals surface area contributed by atoms with Crippen molar-refractivity contribution in [1.29, 1.82) is 0 Å². The van der Waals surface area contributed by atoms with Gasteiger partial charge < -0.3 is 5.11 Å². The van der Waals surface area contributed by atoms with Crippen LogP contribution in [-0.4, -0.2) is 30.8 Å². The monoisotopic (exact) mass is 274 g/mol.